The third-order valence-corrected chi connectivity index (χ3v) is 4.82. The third kappa shape index (κ3) is 4.48. The van der Waals surface area contributed by atoms with Gasteiger partial charge in [-0.1, -0.05) is 0 Å². The highest BCUT2D eigenvalue weighted by Gasteiger charge is 2.33. The average molecular weight is 412 g/mol. The van der Waals surface area contributed by atoms with Gasteiger partial charge in [0.25, 0.3) is 0 Å². The van der Waals surface area contributed by atoms with Crippen molar-refractivity contribution in [1.29, 1.82) is 0 Å². The summed E-state index contributed by atoms with van der Waals surface area (Å²) in [5.74, 6) is 0.562. The molecule has 0 aliphatic carbocycles. The van der Waals surface area contributed by atoms with Crippen LogP contribution in [0.4, 0.5) is 0 Å². The number of carbonyl (C=O) groups is 2. The average Bonchev–Trinajstić information content (AvgIpc) is 3.22. The van der Waals surface area contributed by atoms with E-state index < -0.39 is 12.0 Å². The maximum absolute atomic E-state index is 12.8. The summed E-state index contributed by atoms with van der Waals surface area (Å²) in [6, 6.07) is 12.3. The second-order valence-electron chi connectivity index (χ2n) is 6.63. The number of carboxylic acid groups (broad SMARTS) is 1. The van der Waals surface area contributed by atoms with Crippen molar-refractivity contribution in [3.8, 4) is 17.2 Å². The van der Waals surface area contributed by atoms with Crippen molar-refractivity contribution in [2.24, 2.45) is 0 Å². The number of carboxylic acids is 1. The molecule has 3 rings (SSSR count). The standard InChI is InChI=1S/C22H24N2O6/c1-28-15-6-4-14(5-7-15)18-13-19(24(23-18)21(25)10-11-22(26)27)17-12-16(29-2)8-9-20(17)30-3/h4-9,12-13,19,23H,10-11H2,1-3H3,(H,26,27)/t19-/m0/s1. The van der Waals surface area contributed by atoms with Crippen LogP contribution in [0.25, 0.3) is 5.70 Å². The molecule has 1 aliphatic rings. The largest absolute Gasteiger partial charge is 0.497 e. The zero-order chi connectivity index (χ0) is 21.7. The summed E-state index contributed by atoms with van der Waals surface area (Å²) in [6.07, 6.45) is 1.52. The van der Waals surface area contributed by atoms with E-state index in [-0.39, 0.29) is 18.7 Å². The van der Waals surface area contributed by atoms with E-state index in [1.54, 1.807) is 39.5 Å². The molecule has 2 N–H and O–H groups in total. The van der Waals surface area contributed by atoms with Crippen molar-refractivity contribution in [2.75, 3.05) is 21.3 Å². The Morgan fingerprint density at radius 1 is 0.967 bits per heavy atom. The number of rotatable bonds is 8. The lowest BCUT2D eigenvalue weighted by atomic mass is 10.0. The number of hydrogen-bond acceptors (Lipinski definition) is 6. The second kappa shape index (κ2) is 9.21. The summed E-state index contributed by atoms with van der Waals surface area (Å²) in [6.45, 7) is 0. The molecule has 158 valence electrons. The van der Waals surface area contributed by atoms with Gasteiger partial charge in [0.1, 0.15) is 23.3 Å². The first-order chi connectivity index (χ1) is 14.5. The van der Waals surface area contributed by atoms with Crippen molar-refractivity contribution in [3.05, 3.63) is 59.7 Å². The molecule has 2 aromatic carbocycles. The first-order valence-corrected chi connectivity index (χ1v) is 9.35. The minimum absolute atomic E-state index is 0.130. The minimum Gasteiger partial charge on any atom is -0.497 e. The molecule has 1 atom stereocenters. The van der Waals surface area contributed by atoms with Crippen molar-refractivity contribution >= 4 is 17.6 Å². The molecule has 1 aliphatic heterocycles. The summed E-state index contributed by atoms with van der Waals surface area (Å²) in [5, 5.41) is 10.4. The lowest BCUT2D eigenvalue weighted by Crippen LogP contribution is -2.39. The molecule has 0 bridgehead atoms. The zero-order valence-corrected chi connectivity index (χ0v) is 17.0. The van der Waals surface area contributed by atoms with Gasteiger partial charge in [-0.05, 0) is 54.1 Å². The highest BCUT2D eigenvalue weighted by molar-refractivity contribution is 5.84. The Morgan fingerprint density at radius 2 is 1.63 bits per heavy atom. The molecule has 8 heteroatoms. The van der Waals surface area contributed by atoms with Crippen LogP contribution in [0.15, 0.2) is 48.5 Å². The normalized spacial score (nSPS) is 15.2. The molecule has 0 saturated carbocycles. The number of nitrogens with zero attached hydrogens (tertiary/aromatic N) is 1. The van der Waals surface area contributed by atoms with E-state index in [0.717, 1.165) is 22.6 Å². The molecule has 0 radical (unpaired) electrons. The summed E-state index contributed by atoms with van der Waals surface area (Å²) in [5.41, 5.74) is 5.42. The van der Waals surface area contributed by atoms with E-state index in [1.807, 2.05) is 30.3 Å². The van der Waals surface area contributed by atoms with Gasteiger partial charge in [-0.3, -0.25) is 15.0 Å². The lowest BCUT2D eigenvalue weighted by molar-refractivity contribution is -0.142. The fourth-order valence-corrected chi connectivity index (χ4v) is 3.25. The van der Waals surface area contributed by atoms with Gasteiger partial charge in [-0.25, -0.2) is 5.01 Å². The Hall–Kier alpha value is -3.68. The monoisotopic (exact) mass is 412 g/mol. The van der Waals surface area contributed by atoms with Gasteiger partial charge in [0.2, 0.25) is 5.91 Å². The van der Waals surface area contributed by atoms with Gasteiger partial charge in [-0.15, -0.1) is 0 Å². The molecule has 1 heterocycles. The van der Waals surface area contributed by atoms with E-state index in [9.17, 15) is 9.59 Å². The second-order valence-corrected chi connectivity index (χ2v) is 6.63. The van der Waals surface area contributed by atoms with Crippen molar-refractivity contribution in [2.45, 2.75) is 18.9 Å². The van der Waals surface area contributed by atoms with Crippen LogP contribution in [0.3, 0.4) is 0 Å². The number of hydrogen-bond donors (Lipinski definition) is 2. The summed E-state index contributed by atoms with van der Waals surface area (Å²) in [7, 11) is 4.71. The lowest BCUT2D eigenvalue weighted by Gasteiger charge is -2.26. The molecule has 1 amide bonds. The minimum atomic E-state index is -1.03. The fourth-order valence-electron chi connectivity index (χ4n) is 3.25. The quantitative estimate of drug-likeness (QED) is 0.688. The summed E-state index contributed by atoms with van der Waals surface area (Å²) < 4.78 is 16.0. The Morgan fingerprint density at radius 3 is 2.23 bits per heavy atom. The maximum atomic E-state index is 12.8. The molecule has 0 saturated heterocycles. The van der Waals surface area contributed by atoms with Gasteiger partial charge in [0.15, 0.2) is 0 Å². The number of nitrogens with one attached hydrogen (secondary N) is 1. The molecule has 0 fully saturated rings. The summed E-state index contributed by atoms with van der Waals surface area (Å²) in [4.78, 5) is 23.8. The van der Waals surface area contributed by atoms with E-state index in [1.165, 1.54) is 5.01 Å². The number of methoxy groups -OCH3 is 3. The van der Waals surface area contributed by atoms with Gasteiger partial charge in [-0.2, -0.15) is 0 Å². The van der Waals surface area contributed by atoms with E-state index in [2.05, 4.69) is 5.43 Å². The van der Waals surface area contributed by atoms with Crippen molar-refractivity contribution in [3.63, 3.8) is 0 Å². The highest BCUT2D eigenvalue weighted by Crippen LogP contribution is 2.38. The zero-order valence-electron chi connectivity index (χ0n) is 17.0. The molecular formula is C22H24N2O6. The number of amides is 1. The van der Waals surface area contributed by atoms with Crippen LogP contribution in [0, 0.1) is 0 Å². The third-order valence-electron chi connectivity index (χ3n) is 4.82. The van der Waals surface area contributed by atoms with Gasteiger partial charge in [0, 0.05) is 12.0 Å². The van der Waals surface area contributed by atoms with Crippen LogP contribution in [-0.4, -0.2) is 43.3 Å². The Labute approximate surface area is 174 Å². The number of ether oxygens (including phenoxy) is 3. The highest BCUT2D eigenvalue weighted by atomic mass is 16.5. The topological polar surface area (TPSA) is 97.3 Å². The van der Waals surface area contributed by atoms with Crippen LogP contribution in [0.2, 0.25) is 0 Å². The number of aliphatic carboxylic acids is 1. The Balaban J connectivity index is 2.00. The van der Waals surface area contributed by atoms with E-state index in [0.29, 0.717) is 11.5 Å². The molecule has 2 aromatic rings. The molecule has 0 unspecified atom stereocenters. The van der Waals surface area contributed by atoms with Gasteiger partial charge >= 0.3 is 5.97 Å². The molecule has 0 aromatic heterocycles. The maximum Gasteiger partial charge on any atom is 0.303 e. The van der Waals surface area contributed by atoms with Crippen LogP contribution in [0.5, 0.6) is 17.2 Å². The van der Waals surface area contributed by atoms with Crippen LogP contribution in [0.1, 0.15) is 30.0 Å². The summed E-state index contributed by atoms with van der Waals surface area (Å²) >= 11 is 0. The van der Waals surface area contributed by atoms with Crippen molar-refractivity contribution < 1.29 is 28.9 Å². The predicted molar refractivity (Wildman–Crippen MR) is 110 cm³/mol. The molecule has 30 heavy (non-hydrogen) atoms. The van der Waals surface area contributed by atoms with Gasteiger partial charge in [0.05, 0.1) is 33.4 Å². The van der Waals surface area contributed by atoms with Crippen LogP contribution in [-0.2, 0) is 9.59 Å². The number of benzene rings is 2. The van der Waals surface area contributed by atoms with E-state index >= 15 is 0 Å². The van der Waals surface area contributed by atoms with Crippen LogP contribution >= 0.6 is 0 Å². The van der Waals surface area contributed by atoms with Crippen molar-refractivity contribution in [1.82, 2.24) is 10.4 Å². The van der Waals surface area contributed by atoms with Gasteiger partial charge < -0.3 is 19.3 Å². The first-order valence-electron chi connectivity index (χ1n) is 9.35. The molecular weight excluding hydrogens is 388 g/mol. The molecule has 0 spiro atoms. The fraction of sp³-hybridized carbons (Fsp3) is 0.273. The Kier molecular flexibility index (Phi) is 6.46. The SMILES string of the molecule is COc1ccc(C2=C[C@@H](c3cc(OC)ccc3OC)N(C(=O)CCC(=O)O)N2)cc1. The smallest absolute Gasteiger partial charge is 0.303 e. The predicted octanol–water partition coefficient (Wildman–Crippen LogP) is 3.01. The number of carbonyl (C=O) groups excluding carboxylic acids is 1. The van der Waals surface area contributed by atoms with Crippen LogP contribution < -0.4 is 19.6 Å². The number of hydrazine groups is 1. The Bertz CT molecular complexity index is 955. The first kappa shape index (κ1) is 21.0. The molecule has 8 nitrogen and oxygen atoms in total. The van der Waals surface area contributed by atoms with E-state index in [4.69, 9.17) is 19.3 Å².